The van der Waals surface area contributed by atoms with E-state index in [0.717, 1.165) is 33.6 Å². The van der Waals surface area contributed by atoms with Crippen molar-refractivity contribution in [1.82, 2.24) is 19.3 Å². The molecule has 9 heteroatoms. The van der Waals surface area contributed by atoms with Gasteiger partial charge in [-0.25, -0.2) is 13.9 Å². The van der Waals surface area contributed by atoms with Gasteiger partial charge in [0.25, 0.3) is 0 Å². The fourth-order valence-electron chi connectivity index (χ4n) is 3.63. The van der Waals surface area contributed by atoms with E-state index in [4.69, 9.17) is 4.74 Å². The van der Waals surface area contributed by atoms with Crippen molar-refractivity contribution in [3.63, 3.8) is 0 Å². The van der Waals surface area contributed by atoms with Crippen LogP contribution in [0.15, 0.2) is 55.1 Å². The number of nitrogens with one attached hydrogen (secondary N) is 1. The van der Waals surface area contributed by atoms with Gasteiger partial charge >= 0.3 is 0 Å². The molecule has 0 fully saturated rings. The van der Waals surface area contributed by atoms with Crippen LogP contribution < -0.4 is 9.46 Å². The zero-order valence-corrected chi connectivity index (χ0v) is 18.1. The van der Waals surface area contributed by atoms with Crippen molar-refractivity contribution < 1.29 is 8.95 Å². The lowest BCUT2D eigenvalue weighted by Crippen LogP contribution is -2.08. The minimum Gasteiger partial charge on any atom is -0.492 e. The Balaban J connectivity index is 1.68. The molecule has 1 unspecified atom stereocenters. The average molecular weight is 435 g/mol. The molecule has 1 N–H and O–H groups in total. The second-order valence-corrected chi connectivity index (χ2v) is 8.01. The Morgan fingerprint density at radius 2 is 2.03 bits per heavy atom. The van der Waals surface area contributed by atoms with E-state index in [2.05, 4.69) is 32.4 Å². The average Bonchev–Trinajstić information content (AvgIpc) is 3.39. The third-order valence-electron chi connectivity index (χ3n) is 4.94. The van der Waals surface area contributed by atoms with Crippen LogP contribution in [-0.4, -0.2) is 36.4 Å². The van der Waals surface area contributed by atoms with Crippen molar-refractivity contribution in [3.8, 4) is 23.1 Å². The predicted molar refractivity (Wildman–Crippen MR) is 121 cm³/mol. The molecule has 0 aliphatic rings. The lowest BCUT2D eigenvalue weighted by atomic mass is 10.1. The summed E-state index contributed by atoms with van der Waals surface area (Å²) in [4.78, 5) is 3.92. The number of aryl methyl sites for hydroxylation is 1. The van der Waals surface area contributed by atoms with E-state index in [-0.39, 0.29) is 0 Å². The number of hydrogen-bond donors (Lipinski definition) is 1. The van der Waals surface area contributed by atoms with Crippen LogP contribution in [0, 0.1) is 11.3 Å². The highest BCUT2D eigenvalue weighted by Gasteiger charge is 2.18. The Labute approximate surface area is 182 Å². The topological polar surface area (TPSA) is 97.8 Å². The van der Waals surface area contributed by atoms with E-state index in [1.807, 2.05) is 42.5 Å². The molecular formula is C22H22N6O2S. The molecule has 8 nitrogen and oxygen atoms in total. The first-order chi connectivity index (χ1) is 15.1. The van der Waals surface area contributed by atoms with E-state index in [0.29, 0.717) is 25.3 Å². The number of fused-ring (bicyclic) bond motifs is 1. The van der Waals surface area contributed by atoms with Gasteiger partial charge in [-0.15, -0.1) is 0 Å². The van der Waals surface area contributed by atoms with Gasteiger partial charge in [0.15, 0.2) is 0 Å². The molecule has 0 aliphatic carbocycles. The highest BCUT2D eigenvalue weighted by molar-refractivity contribution is 7.85. The Kier molecular flexibility index (Phi) is 6.00. The van der Waals surface area contributed by atoms with Gasteiger partial charge in [-0.05, 0) is 36.8 Å². The van der Waals surface area contributed by atoms with Crippen LogP contribution in [0.4, 0.5) is 5.69 Å². The van der Waals surface area contributed by atoms with Crippen LogP contribution in [0.2, 0.25) is 0 Å². The number of anilines is 1. The summed E-state index contributed by atoms with van der Waals surface area (Å²) in [5.74, 6) is 0.737. The van der Waals surface area contributed by atoms with Crippen LogP contribution in [0.1, 0.15) is 12.5 Å². The standard InChI is InChI=1S/C22H22N6O2S/c1-3-28-21-12-18(30-11-10-27-15-24-14-25-27)8-9-19(21)20(13-23)22(28)16-4-6-17(7-5-16)26-31(2)29/h4-9,12,14-15,26H,3,10-11H2,1-2H3. The summed E-state index contributed by atoms with van der Waals surface area (Å²) in [5.41, 5.74) is 4.14. The van der Waals surface area contributed by atoms with Gasteiger partial charge in [0, 0.05) is 29.9 Å². The zero-order chi connectivity index (χ0) is 21.8. The quantitative estimate of drug-likeness (QED) is 0.457. The SMILES string of the molecule is CCn1c(-c2ccc(NS(C)=O)cc2)c(C#N)c2ccc(OCCn3cncn3)cc21. The van der Waals surface area contributed by atoms with Gasteiger partial charge < -0.3 is 14.0 Å². The molecule has 0 aliphatic heterocycles. The van der Waals surface area contributed by atoms with Crippen LogP contribution in [0.5, 0.6) is 5.75 Å². The van der Waals surface area contributed by atoms with Crippen LogP contribution >= 0.6 is 0 Å². The van der Waals surface area contributed by atoms with Crippen molar-refractivity contribution in [2.75, 3.05) is 17.6 Å². The third kappa shape index (κ3) is 4.29. The second-order valence-electron chi connectivity index (χ2n) is 6.90. The monoisotopic (exact) mass is 434 g/mol. The van der Waals surface area contributed by atoms with Crippen molar-refractivity contribution >= 4 is 27.6 Å². The van der Waals surface area contributed by atoms with Crippen molar-refractivity contribution in [2.24, 2.45) is 0 Å². The Morgan fingerprint density at radius 3 is 2.68 bits per heavy atom. The normalized spacial score (nSPS) is 11.9. The molecule has 0 bridgehead atoms. The van der Waals surface area contributed by atoms with Gasteiger partial charge in [0.2, 0.25) is 0 Å². The molecule has 4 rings (SSSR count). The van der Waals surface area contributed by atoms with Gasteiger partial charge in [-0.2, -0.15) is 10.4 Å². The molecular weight excluding hydrogens is 412 g/mol. The first-order valence-corrected chi connectivity index (χ1v) is 11.4. The van der Waals surface area contributed by atoms with Crippen LogP contribution in [0.25, 0.3) is 22.2 Å². The molecule has 2 heterocycles. The molecule has 1 atom stereocenters. The predicted octanol–water partition coefficient (Wildman–Crippen LogP) is 3.58. The molecule has 2 aromatic heterocycles. The number of ether oxygens (including phenoxy) is 1. The first-order valence-electron chi connectivity index (χ1n) is 9.82. The minimum atomic E-state index is -1.14. The Morgan fingerprint density at radius 1 is 1.23 bits per heavy atom. The number of nitrogens with zero attached hydrogens (tertiary/aromatic N) is 5. The summed E-state index contributed by atoms with van der Waals surface area (Å²) < 4.78 is 24.0. The van der Waals surface area contributed by atoms with E-state index in [9.17, 15) is 9.47 Å². The fraction of sp³-hybridized carbons (Fsp3) is 0.227. The molecule has 0 radical (unpaired) electrons. The summed E-state index contributed by atoms with van der Waals surface area (Å²) in [7, 11) is -1.14. The third-order valence-corrected chi connectivity index (χ3v) is 5.46. The minimum absolute atomic E-state index is 0.465. The molecule has 4 aromatic rings. The van der Waals surface area contributed by atoms with Crippen LogP contribution in [-0.2, 0) is 24.1 Å². The van der Waals surface area contributed by atoms with Gasteiger partial charge in [-0.1, -0.05) is 12.1 Å². The summed E-state index contributed by atoms with van der Waals surface area (Å²) in [6.45, 7) is 3.82. The van der Waals surface area contributed by atoms with Gasteiger partial charge in [0.1, 0.15) is 42.1 Å². The molecule has 0 amide bonds. The molecule has 0 spiro atoms. The number of aromatic nitrogens is 4. The van der Waals surface area contributed by atoms with Crippen LogP contribution in [0.3, 0.4) is 0 Å². The number of nitriles is 1. The van der Waals surface area contributed by atoms with E-state index < -0.39 is 11.0 Å². The maximum atomic E-state index is 11.4. The Hall–Kier alpha value is -3.64. The second kappa shape index (κ2) is 9.02. The van der Waals surface area contributed by atoms with Crippen molar-refractivity contribution in [1.29, 1.82) is 5.26 Å². The fourth-order valence-corrected chi connectivity index (χ4v) is 4.10. The van der Waals surface area contributed by atoms with Crippen molar-refractivity contribution in [3.05, 3.63) is 60.7 Å². The van der Waals surface area contributed by atoms with E-state index in [1.165, 1.54) is 6.33 Å². The maximum absolute atomic E-state index is 11.4. The maximum Gasteiger partial charge on any atom is 0.137 e. The number of hydrogen-bond acceptors (Lipinski definition) is 5. The first kappa shape index (κ1) is 20.6. The van der Waals surface area contributed by atoms with E-state index >= 15 is 0 Å². The molecule has 2 aromatic carbocycles. The summed E-state index contributed by atoms with van der Waals surface area (Å²) in [6.07, 6.45) is 4.73. The zero-order valence-electron chi connectivity index (χ0n) is 17.3. The molecule has 158 valence electrons. The highest BCUT2D eigenvalue weighted by atomic mass is 32.2. The molecule has 31 heavy (non-hydrogen) atoms. The lowest BCUT2D eigenvalue weighted by molar-refractivity contribution is 0.291. The lowest BCUT2D eigenvalue weighted by Gasteiger charge is -2.11. The van der Waals surface area contributed by atoms with Crippen molar-refractivity contribution in [2.45, 2.75) is 20.0 Å². The highest BCUT2D eigenvalue weighted by Crippen LogP contribution is 2.35. The van der Waals surface area contributed by atoms with Gasteiger partial charge in [-0.3, -0.25) is 0 Å². The summed E-state index contributed by atoms with van der Waals surface area (Å²) in [5, 5.41) is 14.9. The van der Waals surface area contributed by atoms with E-state index in [1.54, 1.807) is 17.3 Å². The Bertz CT molecular complexity index is 1260. The number of rotatable bonds is 8. The summed E-state index contributed by atoms with van der Waals surface area (Å²) >= 11 is 0. The van der Waals surface area contributed by atoms with Gasteiger partial charge in [0.05, 0.1) is 23.3 Å². The molecule has 0 saturated heterocycles. The number of benzene rings is 2. The molecule has 0 saturated carbocycles. The summed E-state index contributed by atoms with van der Waals surface area (Å²) in [6, 6.07) is 15.8. The smallest absolute Gasteiger partial charge is 0.137 e. The largest absolute Gasteiger partial charge is 0.492 e.